The van der Waals surface area contributed by atoms with Crippen molar-refractivity contribution in [2.75, 3.05) is 57.1 Å². The number of halogens is 1. The molecule has 0 unspecified atom stereocenters. The van der Waals surface area contributed by atoms with Crippen LogP contribution in [0.4, 0.5) is 21.7 Å². The van der Waals surface area contributed by atoms with Crippen molar-refractivity contribution >= 4 is 28.7 Å². The van der Waals surface area contributed by atoms with Crippen LogP contribution in [-0.2, 0) is 4.79 Å². The first-order valence-electron chi connectivity index (χ1n) is 11.6. The topological polar surface area (TPSA) is 99.9 Å². The summed E-state index contributed by atoms with van der Waals surface area (Å²) in [4.78, 5) is 24.8. The van der Waals surface area contributed by atoms with Gasteiger partial charge in [0.1, 0.15) is 11.4 Å². The molecule has 186 valence electrons. The van der Waals surface area contributed by atoms with Crippen LogP contribution in [0.15, 0.2) is 55.0 Å². The van der Waals surface area contributed by atoms with Gasteiger partial charge in [-0.15, -0.1) is 0 Å². The average molecular weight is 491 g/mol. The number of nitrogens with zero attached hydrogens (tertiary/aromatic N) is 6. The first kappa shape index (κ1) is 23.5. The maximum absolute atomic E-state index is 14.7. The van der Waals surface area contributed by atoms with E-state index in [0.717, 1.165) is 30.5 Å². The number of pyridine rings is 1. The summed E-state index contributed by atoms with van der Waals surface area (Å²) in [6.07, 6.45) is 4.53. The van der Waals surface area contributed by atoms with E-state index in [1.54, 1.807) is 31.1 Å². The highest BCUT2D eigenvalue weighted by Crippen LogP contribution is 2.33. The Kier molecular flexibility index (Phi) is 6.63. The van der Waals surface area contributed by atoms with Crippen LogP contribution in [-0.4, -0.2) is 77.3 Å². The van der Waals surface area contributed by atoms with Crippen LogP contribution in [0.25, 0.3) is 16.8 Å². The zero-order valence-electron chi connectivity index (χ0n) is 20.1. The van der Waals surface area contributed by atoms with Gasteiger partial charge in [0, 0.05) is 49.7 Å². The summed E-state index contributed by atoms with van der Waals surface area (Å²) < 4.78 is 22.0. The number of hydrogen-bond acceptors (Lipinski definition) is 8. The number of carbonyl (C=O) groups excluding carboxylic acids is 1. The number of methoxy groups -OCH3 is 1. The van der Waals surface area contributed by atoms with Gasteiger partial charge in [0.05, 0.1) is 37.3 Å². The molecule has 0 atom stereocenters. The third-order valence-corrected chi connectivity index (χ3v) is 6.18. The largest absolute Gasteiger partial charge is 0.494 e. The Morgan fingerprint density at radius 3 is 2.75 bits per heavy atom. The SMILES string of the molecule is CNCC(=O)N1CCN(c2ccc(Nc3ncc(F)c(-c4cnn5ccccc45)n3)c(OC)c2)CC1. The predicted molar refractivity (Wildman–Crippen MR) is 135 cm³/mol. The lowest BCUT2D eigenvalue weighted by atomic mass is 10.2. The van der Waals surface area contributed by atoms with Crippen LogP contribution in [0.1, 0.15) is 0 Å². The van der Waals surface area contributed by atoms with Crippen LogP contribution in [0.3, 0.4) is 0 Å². The second kappa shape index (κ2) is 10.2. The molecule has 0 radical (unpaired) electrons. The maximum atomic E-state index is 14.7. The Morgan fingerprint density at radius 1 is 1.14 bits per heavy atom. The molecule has 36 heavy (non-hydrogen) atoms. The number of rotatable bonds is 7. The second-order valence-electron chi connectivity index (χ2n) is 8.39. The standard InChI is InChI=1S/C25H27FN8O2/c1-27-16-23(35)33-11-9-32(10-12-33)17-6-7-20(22(13-17)36-2)30-25-28-15-19(26)24(31-25)18-14-29-34-8-4-3-5-21(18)34/h3-8,13-15,27H,9-12,16H2,1-2H3,(H,28,30,31). The van der Waals surface area contributed by atoms with Crippen LogP contribution < -0.4 is 20.3 Å². The van der Waals surface area contributed by atoms with Crippen LogP contribution >= 0.6 is 0 Å². The molecule has 4 heterocycles. The van der Waals surface area contributed by atoms with Gasteiger partial charge in [-0.25, -0.2) is 18.9 Å². The van der Waals surface area contributed by atoms with Gasteiger partial charge in [-0.05, 0) is 31.3 Å². The Bertz CT molecular complexity index is 1380. The van der Waals surface area contributed by atoms with E-state index < -0.39 is 5.82 Å². The number of amides is 1. The minimum Gasteiger partial charge on any atom is -0.494 e. The quantitative estimate of drug-likeness (QED) is 0.408. The Labute approximate surface area is 207 Å². The zero-order chi connectivity index (χ0) is 25.1. The number of aromatic nitrogens is 4. The molecule has 0 bridgehead atoms. The molecule has 0 saturated carbocycles. The smallest absolute Gasteiger partial charge is 0.236 e. The predicted octanol–water partition coefficient (Wildman–Crippen LogP) is 2.55. The number of ether oxygens (including phenoxy) is 1. The number of nitrogens with one attached hydrogen (secondary N) is 2. The summed E-state index contributed by atoms with van der Waals surface area (Å²) >= 11 is 0. The van der Waals surface area contributed by atoms with E-state index in [0.29, 0.717) is 36.6 Å². The van der Waals surface area contributed by atoms with Gasteiger partial charge < -0.3 is 25.2 Å². The van der Waals surface area contributed by atoms with Crippen molar-refractivity contribution in [3.05, 3.63) is 60.8 Å². The van der Waals surface area contributed by atoms with Crippen molar-refractivity contribution in [2.24, 2.45) is 0 Å². The number of hydrogen-bond donors (Lipinski definition) is 2. The van der Waals surface area contributed by atoms with E-state index >= 15 is 0 Å². The molecule has 3 aromatic heterocycles. The molecule has 0 aliphatic carbocycles. The monoisotopic (exact) mass is 490 g/mol. The van der Waals surface area contributed by atoms with Crippen molar-refractivity contribution < 1.29 is 13.9 Å². The highest BCUT2D eigenvalue weighted by molar-refractivity contribution is 5.79. The van der Waals surface area contributed by atoms with Gasteiger partial charge in [0.2, 0.25) is 11.9 Å². The molecule has 1 aliphatic heterocycles. The molecular formula is C25H27FN8O2. The van der Waals surface area contributed by atoms with Gasteiger partial charge in [-0.1, -0.05) is 6.07 Å². The molecule has 2 N–H and O–H groups in total. The minimum atomic E-state index is -0.533. The third kappa shape index (κ3) is 4.65. The zero-order valence-corrected chi connectivity index (χ0v) is 20.1. The number of anilines is 3. The van der Waals surface area contributed by atoms with E-state index in [-0.39, 0.29) is 17.5 Å². The fraction of sp³-hybridized carbons (Fsp3) is 0.280. The number of benzene rings is 1. The molecule has 1 aliphatic rings. The van der Waals surface area contributed by atoms with Gasteiger partial charge >= 0.3 is 0 Å². The van der Waals surface area contributed by atoms with E-state index in [2.05, 4.69) is 30.6 Å². The lowest BCUT2D eigenvalue weighted by molar-refractivity contribution is -0.130. The summed E-state index contributed by atoms with van der Waals surface area (Å²) in [7, 11) is 3.36. The lowest BCUT2D eigenvalue weighted by Gasteiger charge is -2.36. The Balaban J connectivity index is 1.34. The third-order valence-electron chi connectivity index (χ3n) is 6.18. The van der Waals surface area contributed by atoms with E-state index in [1.165, 1.54) is 0 Å². The minimum absolute atomic E-state index is 0.108. The van der Waals surface area contributed by atoms with Gasteiger partial charge in [0.15, 0.2) is 5.82 Å². The maximum Gasteiger partial charge on any atom is 0.236 e. The van der Waals surface area contributed by atoms with Crippen LogP contribution in [0.2, 0.25) is 0 Å². The average Bonchev–Trinajstić information content (AvgIpc) is 3.34. The van der Waals surface area contributed by atoms with E-state index in [1.807, 2.05) is 41.3 Å². The first-order valence-corrected chi connectivity index (χ1v) is 11.6. The van der Waals surface area contributed by atoms with Gasteiger partial charge in [0.25, 0.3) is 0 Å². The number of piperazine rings is 1. The molecule has 5 rings (SSSR count). The highest BCUT2D eigenvalue weighted by Gasteiger charge is 2.22. The number of likely N-dealkylation sites (N-methyl/N-ethyl adjacent to an activating group) is 1. The molecular weight excluding hydrogens is 463 g/mol. The van der Waals surface area contributed by atoms with E-state index in [9.17, 15) is 9.18 Å². The molecule has 1 saturated heterocycles. The molecule has 1 fully saturated rings. The number of fused-ring (bicyclic) bond motifs is 1. The highest BCUT2D eigenvalue weighted by atomic mass is 19.1. The fourth-order valence-corrected chi connectivity index (χ4v) is 4.31. The van der Waals surface area contributed by atoms with Crippen molar-refractivity contribution in [2.45, 2.75) is 0 Å². The van der Waals surface area contributed by atoms with Crippen LogP contribution in [0, 0.1) is 5.82 Å². The van der Waals surface area contributed by atoms with Gasteiger partial charge in [-0.3, -0.25) is 4.79 Å². The summed E-state index contributed by atoms with van der Waals surface area (Å²) in [5.41, 5.74) is 3.13. The van der Waals surface area contributed by atoms with Gasteiger partial charge in [-0.2, -0.15) is 5.10 Å². The van der Waals surface area contributed by atoms with Crippen molar-refractivity contribution in [1.82, 2.24) is 29.8 Å². The van der Waals surface area contributed by atoms with E-state index in [4.69, 9.17) is 4.74 Å². The first-order chi connectivity index (χ1) is 17.6. The van der Waals surface area contributed by atoms with Crippen LogP contribution in [0.5, 0.6) is 5.75 Å². The summed E-state index contributed by atoms with van der Waals surface area (Å²) in [6.45, 7) is 3.14. The Hall–Kier alpha value is -4.25. The molecule has 1 amide bonds. The summed E-state index contributed by atoms with van der Waals surface area (Å²) in [5, 5.41) is 10.3. The van der Waals surface area contributed by atoms with Crippen molar-refractivity contribution in [3.8, 4) is 17.0 Å². The molecule has 11 heteroatoms. The van der Waals surface area contributed by atoms with Crippen molar-refractivity contribution in [3.63, 3.8) is 0 Å². The molecule has 4 aromatic rings. The fourth-order valence-electron chi connectivity index (χ4n) is 4.31. The Morgan fingerprint density at radius 2 is 1.97 bits per heavy atom. The number of carbonyl (C=O) groups is 1. The van der Waals surface area contributed by atoms with Crippen molar-refractivity contribution in [1.29, 1.82) is 0 Å². The second-order valence-corrected chi connectivity index (χ2v) is 8.39. The molecule has 10 nitrogen and oxygen atoms in total. The lowest BCUT2D eigenvalue weighted by Crippen LogP contribution is -2.50. The molecule has 0 spiro atoms. The molecule has 1 aromatic carbocycles. The summed E-state index contributed by atoms with van der Waals surface area (Å²) in [6, 6.07) is 11.4. The normalized spacial score (nSPS) is 13.8. The summed E-state index contributed by atoms with van der Waals surface area (Å²) in [5.74, 6) is 0.419.